The Balaban J connectivity index is 1.91. The summed E-state index contributed by atoms with van der Waals surface area (Å²) in [6, 6.07) is 13.5. The normalized spacial score (nSPS) is 10.1. The van der Waals surface area contributed by atoms with E-state index in [0.717, 1.165) is 17.5 Å². The molecule has 6 heteroatoms. The van der Waals surface area contributed by atoms with Crippen LogP contribution in [0.15, 0.2) is 53.4 Å². The summed E-state index contributed by atoms with van der Waals surface area (Å²) in [6.45, 7) is 2.48. The fraction of sp³-hybridized carbons (Fsp3) is 0.176. The van der Waals surface area contributed by atoms with Crippen molar-refractivity contribution >= 4 is 29.3 Å². The number of amides is 1. The molecule has 0 aliphatic carbocycles. The van der Waals surface area contributed by atoms with Crippen molar-refractivity contribution in [3.8, 4) is 5.75 Å². The van der Waals surface area contributed by atoms with Crippen molar-refractivity contribution in [1.29, 1.82) is 0 Å². The number of aromatic carboxylic acids is 1. The maximum absolute atomic E-state index is 12.0. The van der Waals surface area contributed by atoms with Gasteiger partial charge in [-0.15, -0.1) is 11.8 Å². The predicted octanol–water partition coefficient (Wildman–Crippen LogP) is 2.18. The largest absolute Gasteiger partial charge is 0.545 e. The Bertz CT molecular complexity index is 685. The van der Waals surface area contributed by atoms with Gasteiger partial charge in [-0.2, -0.15) is 0 Å². The van der Waals surface area contributed by atoms with Crippen LogP contribution in [0.3, 0.4) is 0 Å². The number of anilines is 1. The maximum atomic E-state index is 12.0. The van der Waals surface area contributed by atoms with Gasteiger partial charge >= 0.3 is 0 Å². The molecule has 0 saturated carbocycles. The molecule has 2 aromatic carbocycles. The van der Waals surface area contributed by atoms with E-state index in [2.05, 4.69) is 5.32 Å². The van der Waals surface area contributed by atoms with Crippen LogP contribution in [0.25, 0.3) is 0 Å². The van der Waals surface area contributed by atoms with E-state index in [1.807, 2.05) is 6.92 Å². The van der Waals surface area contributed by atoms with E-state index in [9.17, 15) is 14.7 Å². The fourth-order valence-electron chi connectivity index (χ4n) is 1.90. The van der Waals surface area contributed by atoms with Crippen LogP contribution < -0.4 is 15.2 Å². The Morgan fingerprint density at radius 2 is 1.83 bits per heavy atom. The zero-order valence-corrected chi connectivity index (χ0v) is 13.4. The molecule has 0 atom stereocenters. The third-order valence-electron chi connectivity index (χ3n) is 2.91. The standard InChI is InChI=1S/C17H17NO4S/c1-2-22-13-9-7-12(8-10-13)18-16(19)11-23-15-6-4-3-5-14(15)17(20)21/h3-10H,2,11H2,1H3,(H,18,19)(H,20,21)/p-1. The second-order valence-corrected chi connectivity index (χ2v) is 5.60. The van der Waals surface area contributed by atoms with E-state index in [1.54, 1.807) is 42.5 Å². The van der Waals surface area contributed by atoms with Gasteiger partial charge in [0.05, 0.1) is 18.3 Å². The van der Waals surface area contributed by atoms with Crippen molar-refractivity contribution in [3.05, 3.63) is 54.1 Å². The van der Waals surface area contributed by atoms with Crippen LogP contribution in [0.5, 0.6) is 5.75 Å². The van der Waals surface area contributed by atoms with Crippen molar-refractivity contribution in [2.75, 3.05) is 17.7 Å². The number of carboxylic acid groups (broad SMARTS) is 1. The first-order valence-electron chi connectivity index (χ1n) is 7.06. The monoisotopic (exact) mass is 330 g/mol. The van der Waals surface area contributed by atoms with Gasteiger partial charge in [0.15, 0.2) is 0 Å². The number of benzene rings is 2. The van der Waals surface area contributed by atoms with Crippen LogP contribution in [0.2, 0.25) is 0 Å². The molecule has 0 aliphatic rings. The summed E-state index contributed by atoms with van der Waals surface area (Å²) >= 11 is 1.16. The highest BCUT2D eigenvalue weighted by atomic mass is 32.2. The average molecular weight is 330 g/mol. The summed E-state index contributed by atoms with van der Waals surface area (Å²) in [6.07, 6.45) is 0. The van der Waals surface area contributed by atoms with Gasteiger partial charge in [0.2, 0.25) is 5.91 Å². The van der Waals surface area contributed by atoms with Crippen LogP contribution >= 0.6 is 11.8 Å². The lowest BCUT2D eigenvalue weighted by molar-refractivity contribution is -0.255. The van der Waals surface area contributed by atoms with Gasteiger partial charge in [-0.1, -0.05) is 18.2 Å². The molecule has 0 aromatic heterocycles. The molecule has 0 unspecified atom stereocenters. The van der Waals surface area contributed by atoms with E-state index in [4.69, 9.17) is 4.74 Å². The summed E-state index contributed by atoms with van der Waals surface area (Å²) in [5.41, 5.74) is 0.749. The highest BCUT2D eigenvalue weighted by Crippen LogP contribution is 2.22. The minimum Gasteiger partial charge on any atom is -0.545 e. The summed E-state index contributed by atoms with van der Waals surface area (Å²) in [5.74, 6) is -0.618. The van der Waals surface area contributed by atoms with Crippen LogP contribution in [-0.2, 0) is 4.79 Å². The minimum absolute atomic E-state index is 0.0892. The van der Waals surface area contributed by atoms with Crippen molar-refractivity contribution in [2.45, 2.75) is 11.8 Å². The number of carbonyl (C=O) groups excluding carboxylic acids is 2. The lowest BCUT2D eigenvalue weighted by atomic mass is 10.2. The second kappa shape index (κ2) is 8.24. The zero-order valence-electron chi connectivity index (χ0n) is 12.6. The smallest absolute Gasteiger partial charge is 0.234 e. The fourth-order valence-corrected chi connectivity index (χ4v) is 2.74. The van der Waals surface area contributed by atoms with Gasteiger partial charge in [-0.05, 0) is 37.3 Å². The summed E-state index contributed by atoms with van der Waals surface area (Å²) in [4.78, 5) is 23.5. The molecule has 2 aromatic rings. The summed E-state index contributed by atoms with van der Waals surface area (Å²) in [7, 11) is 0. The third kappa shape index (κ3) is 5.03. The second-order valence-electron chi connectivity index (χ2n) is 4.58. The van der Waals surface area contributed by atoms with E-state index < -0.39 is 5.97 Å². The first kappa shape index (κ1) is 16.9. The summed E-state index contributed by atoms with van der Waals surface area (Å²) < 4.78 is 5.33. The lowest BCUT2D eigenvalue weighted by Gasteiger charge is -2.10. The van der Waals surface area contributed by atoms with Crippen molar-refractivity contribution in [1.82, 2.24) is 0 Å². The molecule has 0 radical (unpaired) electrons. The number of carboxylic acids is 1. The SMILES string of the molecule is CCOc1ccc(NC(=O)CSc2ccccc2C(=O)[O-])cc1. The molecule has 0 heterocycles. The molecule has 23 heavy (non-hydrogen) atoms. The van der Waals surface area contributed by atoms with Gasteiger partial charge in [-0.3, -0.25) is 4.79 Å². The summed E-state index contributed by atoms with van der Waals surface area (Å²) in [5, 5.41) is 13.8. The molecule has 0 aliphatic heterocycles. The number of hydrogen-bond acceptors (Lipinski definition) is 5. The van der Waals surface area contributed by atoms with Crippen molar-refractivity contribution < 1.29 is 19.4 Å². The Hall–Kier alpha value is -2.47. The first-order chi connectivity index (χ1) is 11.1. The Morgan fingerprint density at radius 3 is 2.48 bits per heavy atom. The van der Waals surface area contributed by atoms with Crippen LogP contribution in [0.4, 0.5) is 5.69 Å². The average Bonchev–Trinajstić information content (AvgIpc) is 2.55. The number of rotatable bonds is 7. The highest BCUT2D eigenvalue weighted by molar-refractivity contribution is 8.00. The number of nitrogens with one attached hydrogen (secondary N) is 1. The molecule has 2 rings (SSSR count). The molecule has 0 spiro atoms. The van der Waals surface area contributed by atoms with Gasteiger partial charge in [0.25, 0.3) is 0 Å². The molecule has 120 valence electrons. The van der Waals surface area contributed by atoms with Gasteiger partial charge in [0, 0.05) is 16.1 Å². The third-order valence-corrected chi connectivity index (χ3v) is 3.99. The molecule has 1 amide bonds. The van der Waals surface area contributed by atoms with E-state index in [0.29, 0.717) is 17.2 Å². The maximum Gasteiger partial charge on any atom is 0.234 e. The molecule has 1 N–H and O–H groups in total. The zero-order chi connectivity index (χ0) is 16.7. The molecular formula is C17H16NO4S-. The molecule has 5 nitrogen and oxygen atoms in total. The van der Waals surface area contributed by atoms with Crippen LogP contribution in [0.1, 0.15) is 17.3 Å². The number of carbonyl (C=O) groups is 2. The minimum atomic E-state index is -1.25. The highest BCUT2D eigenvalue weighted by Gasteiger charge is 2.07. The van der Waals surface area contributed by atoms with Crippen molar-refractivity contribution in [2.24, 2.45) is 0 Å². The number of thioether (sulfide) groups is 1. The quantitative estimate of drug-likeness (QED) is 0.787. The Labute approximate surface area is 138 Å². The van der Waals surface area contributed by atoms with E-state index >= 15 is 0 Å². The van der Waals surface area contributed by atoms with Crippen molar-refractivity contribution in [3.63, 3.8) is 0 Å². The van der Waals surface area contributed by atoms with Gasteiger partial charge in [0.1, 0.15) is 5.75 Å². The topological polar surface area (TPSA) is 78.5 Å². The van der Waals surface area contributed by atoms with E-state index in [-0.39, 0.29) is 17.2 Å². The number of ether oxygens (including phenoxy) is 1. The van der Waals surface area contributed by atoms with E-state index in [1.165, 1.54) is 6.07 Å². The van der Waals surface area contributed by atoms with Crippen LogP contribution in [0, 0.1) is 0 Å². The molecular weight excluding hydrogens is 314 g/mol. The van der Waals surface area contributed by atoms with Gasteiger partial charge < -0.3 is 20.0 Å². The molecule has 0 saturated heterocycles. The first-order valence-corrected chi connectivity index (χ1v) is 8.04. The molecule has 0 bridgehead atoms. The Kier molecular flexibility index (Phi) is 6.05. The number of hydrogen-bond donors (Lipinski definition) is 1. The Morgan fingerprint density at radius 1 is 1.13 bits per heavy atom. The van der Waals surface area contributed by atoms with Gasteiger partial charge in [-0.25, -0.2) is 0 Å². The van der Waals surface area contributed by atoms with Crippen LogP contribution in [-0.4, -0.2) is 24.2 Å². The molecule has 0 fully saturated rings. The lowest BCUT2D eigenvalue weighted by Crippen LogP contribution is -2.23. The predicted molar refractivity (Wildman–Crippen MR) is 87.7 cm³/mol.